The first-order chi connectivity index (χ1) is 9.00. The van der Waals surface area contributed by atoms with Crippen LogP contribution in [0, 0.1) is 11.8 Å². The third-order valence-corrected chi connectivity index (χ3v) is 3.73. The van der Waals surface area contributed by atoms with Crippen LogP contribution in [0.15, 0.2) is 30.3 Å². The summed E-state index contributed by atoms with van der Waals surface area (Å²) in [6, 6.07) is 9.58. The largest absolute Gasteiger partial charge is 0.461 e. The van der Waals surface area contributed by atoms with Crippen LogP contribution in [0.4, 0.5) is 0 Å². The lowest BCUT2D eigenvalue weighted by atomic mass is 9.98. The Hall–Kier alpha value is -1.29. The van der Waals surface area contributed by atoms with E-state index >= 15 is 0 Å². The molecular formula is C15H20O3S. The molecule has 1 rings (SSSR count). The first-order valence-electron chi connectivity index (χ1n) is 6.34. The minimum atomic E-state index is -0.238. The van der Waals surface area contributed by atoms with E-state index in [9.17, 15) is 9.59 Å². The Morgan fingerprint density at radius 3 is 2.37 bits per heavy atom. The number of benzene rings is 1. The molecule has 0 bridgehead atoms. The fourth-order valence-corrected chi connectivity index (χ4v) is 2.51. The van der Waals surface area contributed by atoms with Crippen molar-refractivity contribution in [2.75, 3.05) is 5.75 Å². The maximum absolute atomic E-state index is 12.0. The SMILES string of the molecule is CC(=O)SCC(C(=O)OCc1ccccc1)C(C)C. The van der Waals surface area contributed by atoms with Crippen molar-refractivity contribution in [1.29, 1.82) is 0 Å². The van der Waals surface area contributed by atoms with Gasteiger partial charge in [-0.1, -0.05) is 55.9 Å². The Morgan fingerprint density at radius 2 is 1.84 bits per heavy atom. The molecule has 0 aromatic heterocycles. The molecule has 0 saturated heterocycles. The molecule has 0 amide bonds. The average Bonchev–Trinajstić information content (AvgIpc) is 2.37. The second-order valence-corrected chi connectivity index (χ2v) is 5.94. The van der Waals surface area contributed by atoms with Crippen LogP contribution in [0.3, 0.4) is 0 Å². The number of thioether (sulfide) groups is 1. The summed E-state index contributed by atoms with van der Waals surface area (Å²) in [5.74, 6) is 0.181. The third kappa shape index (κ3) is 5.92. The molecule has 0 heterocycles. The lowest BCUT2D eigenvalue weighted by Gasteiger charge is -2.18. The van der Waals surface area contributed by atoms with E-state index in [2.05, 4.69) is 0 Å². The molecule has 1 aromatic carbocycles. The molecule has 0 fully saturated rings. The molecule has 19 heavy (non-hydrogen) atoms. The Labute approximate surface area is 118 Å². The van der Waals surface area contributed by atoms with Crippen LogP contribution in [0.25, 0.3) is 0 Å². The predicted molar refractivity (Wildman–Crippen MR) is 77.7 cm³/mol. The van der Waals surface area contributed by atoms with Crippen molar-refractivity contribution >= 4 is 22.8 Å². The van der Waals surface area contributed by atoms with Crippen molar-refractivity contribution in [2.24, 2.45) is 11.8 Å². The first kappa shape index (κ1) is 15.8. The number of hydrogen-bond donors (Lipinski definition) is 0. The van der Waals surface area contributed by atoms with E-state index < -0.39 is 0 Å². The highest BCUT2D eigenvalue weighted by molar-refractivity contribution is 8.13. The summed E-state index contributed by atoms with van der Waals surface area (Å²) in [7, 11) is 0. The van der Waals surface area contributed by atoms with E-state index in [0.717, 1.165) is 5.56 Å². The maximum atomic E-state index is 12.0. The molecule has 104 valence electrons. The van der Waals surface area contributed by atoms with Gasteiger partial charge >= 0.3 is 5.97 Å². The standard InChI is InChI=1S/C15H20O3S/c1-11(2)14(10-19-12(3)16)15(17)18-9-13-7-5-4-6-8-13/h4-8,11,14H,9-10H2,1-3H3. The topological polar surface area (TPSA) is 43.4 Å². The highest BCUT2D eigenvalue weighted by Crippen LogP contribution is 2.20. The first-order valence-corrected chi connectivity index (χ1v) is 7.33. The van der Waals surface area contributed by atoms with E-state index in [4.69, 9.17) is 4.74 Å². The molecule has 1 aromatic rings. The Kier molecular flexibility index (Phi) is 6.64. The quantitative estimate of drug-likeness (QED) is 0.750. The number of carbonyl (C=O) groups is 2. The summed E-state index contributed by atoms with van der Waals surface area (Å²) < 4.78 is 5.32. The van der Waals surface area contributed by atoms with Gasteiger partial charge in [0, 0.05) is 12.7 Å². The zero-order valence-electron chi connectivity index (χ0n) is 11.6. The van der Waals surface area contributed by atoms with Gasteiger partial charge in [0.1, 0.15) is 6.61 Å². The molecule has 0 aliphatic rings. The Balaban J connectivity index is 2.50. The molecule has 0 radical (unpaired) electrons. The molecule has 0 aliphatic heterocycles. The van der Waals surface area contributed by atoms with Gasteiger partial charge in [-0.3, -0.25) is 9.59 Å². The second-order valence-electron chi connectivity index (χ2n) is 4.75. The van der Waals surface area contributed by atoms with Gasteiger partial charge in [-0.25, -0.2) is 0 Å². The molecule has 1 unspecified atom stereocenters. The molecule has 0 N–H and O–H groups in total. The number of esters is 1. The van der Waals surface area contributed by atoms with E-state index in [0.29, 0.717) is 5.75 Å². The van der Waals surface area contributed by atoms with Gasteiger partial charge in [0.05, 0.1) is 5.92 Å². The smallest absolute Gasteiger partial charge is 0.310 e. The molecule has 3 nitrogen and oxygen atoms in total. The molecule has 1 atom stereocenters. The van der Waals surface area contributed by atoms with Gasteiger partial charge in [0.2, 0.25) is 0 Å². The van der Waals surface area contributed by atoms with E-state index in [1.54, 1.807) is 0 Å². The molecule has 0 aliphatic carbocycles. The average molecular weight is 280 g/mol. The number of carbonyl (C=O) groups excluding carboxylic acids is 2. The summed E-state index contributed by atoms with van der Waals surface area (Å²) in [4.78, 5) is 23.0. The van der Waals surface area contributed by atoms with Crippen LogP contribution >= 0.6 is 11.8 Å². The van der Waals surface area contributed by atoms with Gasteiger partial charge < -0.3 is 4.74 Å². The number of rotatable bonds is 6. The van der Waals surface area contributed by atoms with Gasteiger partial charge in [-0.2, -0.15) is 0 Å². The summed E-state index contributed by atoms with van der Waals surface area (Å²) in [6.45, 7) is 5.73. The van der Waals surface area contributed by atoms with Crippen LogP contribution in [-0.4, -0.2) is 16.8 Å². The van der Waals surface area contributed by atoms with Crippen molar-refractivity contribution in [2.45, 2.75) is 27.4 Å². The van der Waals surface area contributed by atoms with Crippen LogP contribution in [-0.2, 0) is 20.9 Å². The summed E-state index contributed by atoms with van der Waals surface area (Å²) in [5, 5.41) is 0.0292. The van der Waals surface area contributed by atoms with E-state index in [-0.39, 0.29) is 29.5 Å². The highest BCUT2D eigenvalue weighted by Gasteiger charge is 2.24. The van der Waals surface area contributed by atoms with Crippen molar-refractivity contribution in [3.05, 3.63) is 35.9 Å². The zero-order valence-corrected chi connectivity index (χ0v) is 12.4. The van der Waals surface area contributed by atoms with E-state index in [1.807, 2.05) is 44.2 Å². The molecule has 0 spiro atoms. The summed E-state index contributed by atoms with van der Waals surface area (Å²) >= 11 is 1.18. The fourth-order valence-electron chi connectivity index (χ4n) is 1.58. The maximum Gasteiger partial charge on any atom is 0.310 e. The zero-order chi connectivity index (χ0) is 14.3. The van der Waals surface area contributed by atoms with Gasteiger partial charge in [-0.05, 0) is 11.5 Å². The fraction of sp³-hybridized carbons (Fsp3) is 0.467. The van der Waals surface area contributed by atoms with Crippen molar-refractivity contribution in [1.82, 2.24) is 0 Å². The summed E-state index contributed by atoms with van der Waals surface area (Å²) in [6.07, 6.45) is 0. The van der Waals surface area contributed by atoms with Crippen molar-refractivity contribution in [3.8, 4) is 0 Å². The van der Waals surface area contributed by atoms with Crippen molar-refractivity contribution in [3.63, 3.8) is 0 Å². The second kappa shape index (κ2) is 8.00. The van der Waals surface area contributed by atoms with Gasteiger partial charge in [0.15, 0.2) is 5.12 Å². The number of hydrogen-bond acceptors (Lipinski definition) is 4. The van der Waals surface area contributed by atoms with Crippen LogP contribution in [0.2, 0.25) is 0 Å². The number of ether oxygens (including phenoxy) is 1. The highest BCUT2D eigenvalue weighted by atomic mass is 32.2. The van der Waals surface area contributed by atoms with E-state index in [1.165, 1.54) is 18.7 Å². The van der Waals surface area contributed by atoms with Crippen LogP contribution in [0.5, 0.6) is 0 Å². The predicted octanol–water partition coefficient (Wildman–Crippen LogP) is 3.28. The van der Waals surface area contributed by atoms with Crippen molar-refractivity contribution < 1.29 is 14.3 Å². The third-order valence-electron chi connectivity index (χ3n) is 2.80. The Bertz CT molecular complexity index is 415. The van der Waals surface area contributed by atoms with Crippen LogP contribution < -0.4 is 0 Å². The van der Waals surface area contributed by atoms with Gasteiger partial charge in [-0.15, -0.1) is 0 Å². The minimum absolute atomic E-state index is 0.0292. The van der Waals surface area contributed by atoms with Gasteiger partial charge in [0.25, 0.3) is 0 Å². The lowest BCUT2D eigenvalue weighted by molar-refractivity contribution is -0.150. The monoisotopic (exact) mass is 280 g/mol. The summed E-state index contributed by atoms with van der Waals surface area (Å²) in [5.41, 5.74) is 0.970. The normalized spacial score (nSPS) is 12.2. The molecule has 0 saturated carbocycles. The molecular weight excluding hydrogens is 260 g/mol. The van der Waals surface area contributed by atoms with Crippen LogP contribution in [0.1, 0.15) is 26.3 Å². The Morgan fingerprint density at radius 1 is 1.21 bits per heavy atom. The lowest BCUT2D eigenvalue weighted by Crippen LogP contribution is -2.25. The molecule has 4 heteroatoms. The minimum Gasteiger partial charge on any atom is -0.461 e.